The number of carbonyl (C=O) groups is 1. The van der Waals surface area contributed by atoms with Gasteiger partial charge in [0.05, 0.1) is 5.69 Å². The first-order valence-corrected chi connectivity index (χ1v) is 7.12. The number of rotatable bonds is 3. The van der Waals surface area contributed by atoms with Crippen LogP contribution in [0.5, 0.6) is 0 Å². The summed E-state index contributed by atoms with van der Waals surface area (Å²) < 4.78 is 3.96. The minimum atomic E-state index is -0.0896. The molecule has 0 amide bonds. The normalized spacial score (nSPS) is 17.6. The summed E-state index contributed by atoms with van der Waals surface area (Å²) in [6, 6.07) is 0. The van der Waals surface area contributed by atoms with Gasteiger partial charge in [-0.1, -0.05) is 50.9 Å². The van der Waals surface area contributed by atoms with Gasteiger partial charge in [0.25, 0.3) is 0 Å². The molecule has 1 aliphatic carbocycles. The third-order valence-corrected chi connectivity index (χ3v) is 4.17. The molecule has 0 bridgehead atoms. The van der Waals surface area contributed by atoms with Crippen molar-refractivity contribution in [1.29, 1.82) is 0 Å². The second kappa shape index (κ2) is 4.84. The fourth-order valence-electron chi connectivity index (χ4n) is 2.43. The van der Waals surface area contributed by atoms with Gasteiger partial charge < -0.3 is 0 Å². The Bertz CT molecular complexity index is 400. The molecule has 1 aliphatic rings. The van der Waals surface area contributed by atoms with Crippen molar-refractivity contribution in [1.82, 2.24) is 9.59 Å². The molecule has 0 unspecified atom stereocenters. The van der Waals surface area contributed by atoms with E-state index in [9.17, 15) is 4.79 Å². The van der Waals surface area contributed by atoms with E-state index in [1.165, 1.54) is 37.2 Å². The Hall–Kier alpha value is -0.770. The monoisotopic (exact) mass is 252 g/mol. The van der Waals surface area contributed by atoms with E-state index in [0.29, 0.717) is 12.3 Å². The van der Waals surface area contributed by atoms with Crippen LogP contribution in [0.4, 0.5) is 0 Å². The van der Waals surface area contributed by atoms with Gasteiger partial charge in [-0.25, -0.2) is 0 Å². The minimum Gasteiger partial charge on any atom is -0.293 e. The molecule has 0 N–H and O–H groups in total. The van der Waals surface area contributed by atoms with E-state index in [2.05, 4.69) is 30.4 Å². The van der Waals surface area contributed by atoms with Crippen LogP contribution in [0.3, 0.4) is 0 Å². The Balaban J connectivity index is 2.11. The third kappa shape index (κ3) is 2.92. The smallest absolute Gasteiger partial charge is 0.176 e. The summed E-state index contributed by atoms with van der Waals surface area (Å²) in [4.78, 5) is 13.0. The second-order valence-corrected chi connectivity index (χ2v) is 6.73. The average Bonchev–Trinajstić information content (AvgIpc) is 2.85. The lowest BCUT2D eigenvalue weighted by atomic mass is 9.89. The molecule has 3 nitrogen and oxygen atoms in total. The van der Waals surface area contributed by atoms with Crippen LogP contribution in [0.15, 0.2) is 0 Å². The number of ketones is 1. The molecule has 1 fully saturated rings. The predicted octanol–water partition coefficient (Wildman–Crippen LogP) is 3.60. The number of hydrogen-bond acceptors (Lipinski definition) is 4. The number of carbonyl (C=O) groups excluding carboxylic acids is 1. The summed E-state index contributed by atoms with van der Waals surface area (Å²) in [6.45, 7) is 6.24. The van der Waals surface area contributed by atoms with Gasteiger partial charge in [0, 0.05) is 11.8 Å². The fraction of sp³-hybridized carbons (Fsp3) is 0.769. The highest BCUT2D eigenvalue weighted by Crippen LogP contribution is 2.32. The Morgan fingerprint density at radius 2 is 2.00 bits per heavy atom. The van der Waals surface area contributed by atoms with E-state index < -0.39 is 0 Å². The molecule has 0 aliphatic heterocycles. The van der Waals surface area contributed by atoms with Crippen molar-refractivity contribution in [3.63, 3.8) is 0 Å². The highest BCUT2D eigenvalue weighted by atomic mass is 32.1. The van der Waals surface area contributed by atoms with Crippen LogP contribution in [0.2, 0.25) is 0 Å². The first-order chi connectivity index (χ1) is 7.98. The van der Waals surface area contributed by atoms with Crippen LogP contribution in [-0.4, -0.2) is 15.4 Å². The molecule has 1 aromatic rings. The van der Waals surface area contributed by atoms with Gasteiger partial charge >= 0.3 is 0 Å². The summed E-state index contributed by atoms with van der Waals surface area (Å²) in [7, 11) is 0. The van der Waals surface area contributed by atoms with Crippen molar-refractivity contribution in [2.24, 2.45) is 5.92 Å². The van der Waals surface area contributed by atoms with Gasteiger partial charge in [0.1, 0.15) is 4.88 Å². The van der Waals surface area contributed by atoms with Crippen molar-refractivity contribution in [2.45, 2.75) is 58.3 Å². The Kier molecular flexibility index (Phi) is 3.61. The molecule has 1 aromatic heterocycles. The maximum atomic E-state index is 12.3. The standard InChI is InChI=1S/C13H20N2OS/c1-13(2,3)12-11(17-15-14-12)10(16)8-9-6-4-5-7-9/h9H,4-8H2,1-3H3. The van der Waals surface area contributed by atoms with Crippen molar-refractivity contribution >= 4 is 17.3 Å². The Morgan fingerprint density at radius 3 is 2.59 bits per heavy atom. The Labute approximate surface area is 107 Å². The number of hydrogen-bond donors (Lipinski definition) is 0. The quantitative estimate of drug-likeness (QED) is 0.772. The van der Waals surface area contributed by atoms with E-state index in [1.807, 2.05) is 0 Å². The van der Waals surface area contributed by atoms with E-state index in [1.54, 1.807) is 0 Å². The molecule has 17 heavy (non-hydrogen) atoms. The molecule has 1 saturated carbocycles. The van der Waals surface area contributed by atoms with Crippen molar-refractivity contribution in [3.05, 3.63) is 10.6 Å². The molecule has 4 heteroatoms. The number of Topliss-reactive ketones (excluding diaryl/α,β-unsaturated/α-hetero) is 1. The molecular weight excluding hydrogens is 232 g/mol. The highest BCUT2D eigenvalue weighted by molar-refractivity contribution is 7.08. The summed E-state index contributed by atoms with van der Waals surface area (Å²) in [6.07, 6.45) is 5.68. The third-order valence-electron chi connectivity index (χ3n) is 3.40. The fourth-order valence-corrected chi connectivity index (χ4v) is 3.26. The van der Waals surface area contributed by atoms with Gasteiger partial charge in [0.2, 0.25) is 0 Å². The molecule has 0 aromatic carbocycles. The molecule has 0 radical (unpaired) electrons. The summed E-state index contributed by atoms with van der Waals surface area (Å²) in [5.41, 5.74) is 0.777. The largest absolute Gasteiger partial charge is 0.293 e. The molecule has 0 spiro atoms. The van der Waals surface area contributed by atoms with Gasteiger partial charge in [-0.3, -0.25) is 4.79 Å². The molecule has 0 atom stereocenters. The lowest BCUT2D eigenvalue weighted by Gasteiger charge is -2.16. The maximum absolute atomic E-state index is 12.3. The molecule has 2 rings (SSSR count). The van der Waals surface area contributed by atoms with Crippen LogP contribution >= 0.6 is 11.5 Å². The zero-order chi connectivity index (χ0) is 12.5. The minimum absolute atomic E-state index is 0.0896. The average molecular weight is 252 g/mol. The van der Waals surface area contributed by atoms with Crippen LogP contribution < -0.4 is 0 Å². The highest BCUT2D eigenvalue weighted by Gasteiger charge is 2.28. The SMILES string of the molecule is CC(C)(C)c1nnsc1C(=O)CC1CCCC1. The van der Waals surface area contributed by atoms with E-state index in [4.69, 9.17) is 0 Å². The van der Waals surface area contributed by atoms with E-state index >= 15 is 0 Å². The number of aromatic nitrogens is 2. The van der Waals surface area contributed by atoms with Crippen LogP contribution in [-0.2, 0) is 5.41 Å². The molecular formula is C13H20N2OS. The topological polar surface area (TPSA) is 42.9 Å². The summed E-state index contributed by atoms with van der Waals surface area (Å²) >= 11 is 1.26. The van der Waals surface area contributed by atoms with Crippen LogP contribution in [0.1, 0.15) is 68.2 Å². The van der Waals surface area contributed by atoms with Crippen LogP contribution in [0, 0.1) is 5.92 Å². The van der Waals surface area contributed by atoms with Gasteiger partial charge in [-0.15, -0.1) is 5.10 Å². The lowest BCUT2D eigenvalue weighted by Crippen LogP contribution is -2.17. The van der Waals surface area contributed by atoms with Crippen LogP contribution in [0.25, 0.3) is 0 Å². The zero-order valence-electron chi connectivity index (χ0n) is 10.8. The molecule has 94 valence electrons. The summed E-state index contributed by atoms with van der Waals surface area (Å²) in [5, 5.41) is 4.13. The zero-order valence-corrected chi connectivity index (χ0v) is 11.6. The first-order valence-electron chi connectivity index (χ1n) is 6.34. The number of nitrogens with zero attached hydrogens (tertiary/aromatic N) is 2. The van der Waals surface area contributed by atoms with E-state index in [0.717, 1.165) is 10.6 Å². The first kappa shape index (κ1) is 12.7. The van der Waals surface area contributed by atoms with Gasteiger partial charge in [0.15, 0.2) is 5.78 Å². The predicted molar refractivity (Wildman–Crippen MR) is 69.5 cm³/mol. The maximum Gasteiger partial charge on any atom is 0.176 e. The van der Waals surface area contributed by atoms with Crippen molar-refractivity contribution in [2.75, 3.05) is 0 Å². The van der Waals surface area contributed by atoms with Gasteiger partial charge in [-0.2, -0.15) is 0 Å². The Morgan fingerprint density at radius 1 is 1.35 bits per heavy atom. The molecule has 1 heterocycles. The summed E-state index contributed by atoms with van der Waals surface area (Å²) in [5.74, 6) is 0.842. The van der Waals surface area contributed by atoms with Crippen molar-refractivity contribution < 1.29 is 4.79 Å². The lowest BCUT2D eigenvalue weighted by molar-refractivity contribution is 0.0964. The van der Waals surface area contributed by atoms with Crippen molar-refractivity contribution in [3.8, 4) is 0 Å². The van der Waals surface area contributed by atoms with Gasteiger partial charge in [-0.05, 0) is 17.5 Å². The molecule has 0 saturated heterocycles. The van der Waals surface area contributed by atoms with E-state index in [-0.39, 0.29) is 11.2 Å². The second-order valence-electron chi connectivity index (χ2n) is 5.98.